The zero-order valence-electron chi connectivity index (χ0n) is 10.5. The van der Waals surface area contributed by atoms with E-state index in [4.69, 9.17) is 5.11 Å². The van der Waals surface area contributed by atoms with Gasteiger partial charge in [0, 0.05) is 11.4 Å². The third-order valence-electron chi connectivity index (χ3n) is 2.89. The Morgan fingerprint density at radius 3 is 2.58 bits per heavy atom. The maximum atomic E-state index is 12.0. The molecule has 0 saturated carbocycles. The summed E-state index contributed by atoms with van der Waals surface area (Å²) >= 11 is 0. The fourth-order valence-electron chi connectivity index (χ4n) is 1.77. The van der Waals surface area contributed by atoms with Crippen LogP contribution in [0.3, 0.4) is 0 Å². The van der Waals surface area contributed by atoms with E-state index in [0.717, 1.165) is 0 Å². The molecule has 3 N–H and O–H groups in total. The Kier molecular flexibility index (Phi) is 3.33. The molecule has 0 radical (unpaired) electrons. The fraction of sp³-hybridized carbons (Fsp3) is 0.154. The van der Waals surface area contributed by atoms with E-state index in [1.54, 1.807) is 26.0 Å². The smallest absolute Gasteiger partial charge is 0.336 e. The number of nitrogens with one attached hydrogen (secondary N) is 2. The zero-order valence-corrected chi connectivity index (χ0v) is 10.5. The third-order valence-corrected chi connectivity index (χ3v) is 2.89. The normalized spacial score (nSPS) is 10.2. The maximum Gasteiger partial charge on any atom is 0.336 e. The van der Waals surface area contributed by atoms with Crippen molar-refractivity contribution in [2.75, 3.05) is 5.32 Å². The van der Waals surface area contributed by atoms with Crippen molar-refractivity contribution in [3.8, 4) is 0 Å². The summed E-state index contributed by atoms with van der Waals surface area (Å²) in [5.41, 5.74) is 2.25. The van der Waals surface area contributed by atoms with Gasteiger partial charge in [0.1, 0.15) is 0 Å². The molecule has 1 aromatic heterocycles. The number of rotatable bonds is 3. The van der Waals surface area contributed by atoms with Crippen molar-refractivity contribution in [1.82, 2.24) is 10.2 Å². The first kappa shape index (κ1) is 12.8. The molecule has 1 aromatic carbocycles. The Morgan fingerprint density at radius 1 is 1.26 bits per heavy atom. The molecule has 6 nitrogen and oxygen atoms in total. The Bertz CT molecular complexity index is 646. The van der Waals surface area contributed by atoms with Crippen molar-refractivity contribution < 1.29 is 14.7 Å². The molecule has 0 aliphatic carbocycles. The van der Waals surface area contributed by atoms with Crippen LogP contribution < -0.4 is 5.32 Å². The number of hydrogen-bond acceptors (Lipinski definition) is 3. The average Bonchev–Trinajstić information content (AvgIpc) is 2.77. The Labute approximate surface area is 109 Å². The lowest BCUT2D eigenvalue weighted by Crippen LogP contribution is -2.14. The first-order chi connectivity index (χ1) is 9.00. The molecule has 0 bridgehead atoms. The molecule has 98 valence electrons. The molecule has 0 atom stereocenters. The van der Waals surface area contributed by atoms with Crippen LogP contribution in [-0.2, 0) is 0 Å². The standard InChI is InChI=1S/C13H13N3O3/c1-7-9(13(18)19)4-3-5-11(7)15-12(17)10-6-14-16-8(10)2/h3-6H,1-2H3,(H,14,16)(H,15,17)(H,18,19). The molecule has 1 heterocycles. The van der Waals surface area contributed by atoms with Crippen molar-refractivity contribution in [3.05, 3.63) is 46.8 Å². The van der Waals surface area contributed by atoms with Gasteiger partial charge in [-0.05, 0) is 31.5 Å². The number of H-pyrrole nitrogens is 1. The first-order valence-electron chi connectivity index (χ1n) is 5.65. The van der Waals surface area contributed by atoms with Gasteiger partial charge in [-0.15, -0.1) is 0 Å². The molecule has 1 amide bonds. The molecule has 0 aliphatic rings. The van der Waals surface area contributed by atoms with E-state index in [0.29, 0.717) is 22.5 Å². The summed E-state index contributed by atoms with van der Waals surface area (Å²) in [6.07, 6.45) is 1.43. The van der Waals surface area contributed by atoms with Gasteiger partial charge in [-0.25, -0.2) is 4.79 Å². The molecule has 0 aliphatic heterocycles. The van der Waals surface area contributed by atoms with Gasteiger partial charge >= 0.3 is 5.97 Å². The van der Waals surface area contributed by atoms with Gasteiger partial charge in [-0.1, -0.05) is 6.07 Å². The predicted molar refractivity (Wildman–Crippen MR) is 69.4 cm³/mol. The van der Waals surface area contributed by atoms with Crippen molar-refractivity contribution in [2.45, 2.75) is 13.8 Å². The number of nitrogens with zero attached hydrogens (tertiary/aromatic N) is 1. The highest BCUT2D eigenvalue weighted by molar-refractivity contribution is 6.06. The Morgan fingerprint density at radius 2 is 2.00 bits per heavy atom. The minimum absolute atomic E-state index is 0.168. The van der Waals surface area contributed by atoms with Crippen molar-refractivity contribution >= 4 is 17.6 Å². The summed E-state index contributed by atoms with van der Waals surface area (Å²) in [5, 5.41) is 18.2. The van der Waals surface area contributed by atoms with E-state index < -0.39 is 5.97 Å². The second-order valence-electron chi connectivity index (χ2n) is 4.15. The Balaban J connectivity index is 2.30. The molecule has 2 aromatic rings. The highest BCUT2D eigenvalue weighted by Gasteiger charge is 2.14. The van der Waals surface area contributed by atoms with Crippen molar-refractivity contribution in [3.63, 3.8) is 0 Å². The summed E-state index contributed by atoms with van der Waals surface area (Å²) < 4.78 is 0. The quantitative estimate of drug-likeness (QED) is 0.785. The number of aromatic nitrogens is 2. The van der Waals surface area contributed by atoms with Gasteiger partial charge in [0.05, 0.1) is 17.3 Å². The summed E-state index contributed by atoms with van der Waals surface area (Å²) in [6.45, 7) is 3.39. The first-order valence-corrected chi connectivity index (χ1v) is 5.65. The molecule has 6 heteroatoms. The topological polar surface area (TPSA) is 95.1 Å². The zero-order chi connectivity index (χ0) is 14.0. The molecule has 19 heavy (non-hydrogen) atoms. The van der Waals surface area contributed by atoms with Crippen LogP contribution in [0.5, 0.6) is 0 Å². The van der Waals surface area contributed by atoms with Gasteiger partial charge in [0.25, 0.3) is 5.91 Å². The minimum atomic E-state index is -1.02. The molecule has 0 unspecified atom stereocenters. The number of aromatic carboxylic acids is 1. The lowest BCUT2D eigenvalue weighted by molar-refractivity contribution is 0.0695. The summed E-state index contributed by atoms with van der Waals surface area (Å²) in [5.74, 6) is -1.34. The van der Waals surface area contributed by atoms with E-state index >= 15 is 0 Å². The summed E-state index contributed by atoms with van der Waals surface area (Å²) in [7, 11) is 0. The highest BCUT2D eigenvalue weighted by Crippen LogP contribution is 2.20. The number of hydrogen-bond donors (Lipinski definition) is 3. The van der Waals surface area contributed by atoms with Crippen LogP contribution in [0.2, 0.25) is 0 Å². The molecule has 2 rings (SSSR count). The summed E-state index contributed by atoms with van der Waals surface area (Å²) in [4.78, 5) is 23.0. The fourth-order valence-corrected chi connectivity index (χ4v) is 1.77. The van der Waals surface area contributed by atoms with Crippen LogP contribution in [-0.4, -0.2) is 27.2 Å². The number of carboxylic acid groups (broad SMARTS) is 1. The van der Waals surface area contributed by atoms with Gasteiger partial charge in [-0.2, -0.15) is 5.10 Å². The second-order valence-corrected chi connectivity index (χ2v) is 4.15. The maximum absolute atomic E-state index is 12.0. The van der Waals surface area contributed by atoms with Crippen molar-refractivity contribution in [2.24, 2.45) is 0 Å². The number of carboxylic acids is 1. The summed E-state index contributed by atoms with van der Waals surface area (Å²) in [6, 6.07) is 4.75. The average molecular weight is 259 g/mol. The number of benzene rings is 1. The van der Waals surface area contributed by atoms with Crippen LogP contribution in [0.4, 0.5) is 5.69 Å². The van der Waals surface area contributed by atoms with Crippen LogP contribution in [0.1, 0.15) is 32.0 Å². The number of anilines is 1. The number of carbonyl (C=O) groups is 2. The van der Waals surface area contributed by atoms with E-state index in [2.05, 4.69) is 15.5 Å². The lowest BCUT2D eigenvalue weighted by atomic mass is 10.1. The Hall–Kier alpha value is -2.63. The van der Waals surface area contributed by atoms with E-state index in [9.17, 15) is 9.59 Å². The molecule has 0 spiro atoms. The molecular formula is C13H13N3O3. The number of amides is 1. The van der Waals surface area contributed by atoms with Gasteiger partial charge in [0.15, 0.2) is 0 Å². The third kappa shape index (κ3) is 2.47. The van der Waals surface area contributed by atoms with E-state index in [1.165, 1.54) is 12.3 Å². The molecule has 0 saturated heterocycles. The van der Waals surface area contributed by atoms with Crippen LogP contribution in [0.15, 0.2) is 24.4 Å². The molecular weight excluding hydrogens is 246 g/mol. The predicted octanol–water partition coefficient (Wildman–Crippen LogP) is 1.98. The highest BCUT2D eigenvalue weighted by atomic mass is 16.4. The van der Waals surface area contributed by atoms with Gasteiger partial charge < -0.3 is 10.4 Å². The number of aromatic amines is 1. The van der Waals surface area contributed by atoms with Crippen LogP contribution >= 0.6 is 0 Å². The van der Waals surface area contributed by atoms with Crippen LogP contribution in [0.25, 0.3) is 0 Å². The van der Waals surface area contributed by atoms with Crippen molar-refractivity contribution in [1.29, 1.82) is 0 Å². The van der Waals surface area contributed by atoms with Crippen LogP contribution in [0, 0.1) is 13.8 Å². The molecule has 0 fully saturated rings. The SMILES string of the molecule is Cc1[nH]ncc1C(=O)Nc1cccc(C(=O)O)c1C. The second kappa shape index (κ2) is 4.93. The monoisotopic (exact) mass is 259 g/mol. The van der Waals surface area contributed by atoms with Gasteiger partial charge in [0.2, 0.25) is 0 Å². The number of carbonyl (C=O) groups excluding carboxylic acids is 1. The lowest BCUT2D eigenvalue weighted by Gasteiger charge is -2.09. The minimum Gasteiger partial charge on any atom is -0.478 e. The van der Waals surface area contributed by atoms with E-state index in [-0.39, 0.29) is 11.5 Å². The van der Waals surface area contributed by atoms with E-state index in [1.807, 2.05) is 0 Å². The largest absolute Gasteiger partial charge is 0.478 e. The van der Waals surface area contributed by atoms with Gasteiger partial charge in [-0.3, -0.25) is 9.89 Å². The number of aryl methyl sites for hydroxylation is 1.